The lowest BCUT2D eigenvalue weighted by Crippen LogP contribution is -2.52. The lowest BCUT2D eigenvalue weighted by Gasteiger charge is -2.38. The summed E-state index contributed by atoms with van der Waals surface area (Å²) < 4.78 is 29.3. The van der Waals surface area contributed by atoms with Crippen molar-refractivity contribution in [2.75, 3.05) is 10.8 Å². The van der Waals surface area contributed by atoms with Gasteiger partial charge < -0.3 is 0 Å². The molecule has 1 aliphatic heterocycles. The topological polar surface area (TPSA) is 57.7 Å². The zero-order chi connectivity index (χ0) is 19.7. The molecule has 2 aromatic carbocycles. The number of rotatable bonds is 4. The highest BCUT2D eigenvalue weighted by atomic mass is 35.5. The van der Waals surface area contributed by atoms with Gasteiger partial charge in [0.25, 0.3) is 5.91 Å². The van der Waals surface area contributed by atoms with Crippen LogP contribution in [-0.4, -0.2) is 25.2 Å². The van der Waals surface area contributed by atoms with Gasteiger partial charge in [-0.15, -0.1) is 0 Å². The van der Waals surface area contributed by atoms with E-state index < -0.39 is 16.1 Å². The Labute approximate surface area is 171 Å². The van der Waals surface area contributed by atoms with E-state index in [1.54, 1.807) is 36.4 Å². The Balaban J connectivity index is 1.71. The summed E-state index contributed by atoms with van der Waals surface area (Å²) in [4.78, 5) is 13.1. The van der Waals surface area contributed by atoms with Crippen LogP contribution in [0.25, 0.3) is 0 Å². The van der Waals surface area contributed by atoms with E-state index >= 15 is 0 Å². The molecule has 7 heteroatoms. The molecular formula is C21H23ClN2O3S. The molecule has 1 heterocycles. The van der Waals surface area contributed by atoms with Gasteiger partial charge in [0.15, 0.2) is 0 Å². The fourth-order valence-corrected chi connectivity index (χ4v) is 5.85. The predicted octanol–water partition coefficient (Wildman–Crippen LogP) is 4.63. The number of carbonyl (C=O) groups excluding carboxylic acids is 1. The van der Waals surface area contributed by atoms with Crippen LogP contribution in [0.1, 0.15) is 48.0 Å². The van der Waals surface area contributed by atoms with Gasteiger partial charge >= 0.3 is 10.2 Å². The Morgan fingerprint density at radius 2 is 1.61 bits per heavy atom. The van der Waals surface area contributed by atoms with Crippen molar-refractivity contribution in [1.82, 2.24) is 4.31 Å². The average molecular weight is 419 g/mol. The second kappa shape index (κ2) is 7.76. The van der Waals surface area contributed by atoms with Gasteiger partial charge in [-0.25, -0.2) is 8.61 Å². The third-order valence-electron chi connectivity index (χ3n) is 5.57. The number of carbonyl (C=O) groups is 1. The molecule has 1 fully saturated rings. The molecule has 0 saturated heterocycles. The summed E-state index contributed by atoms with van der Waals surface area (Å²) in [6.45, 7) is 0.414. The quantitative estimate of drug-likeness (QED) is 0.727. The van der Waals surface area contributed by atoms with Gasteiger partial charge in [0.2, 0.25) is 0 Å². The van der Waals surface area contributed by atoms with Gasteiger partial charge in [-0.3, -0.25) is 4.79 Å². The highest BCUT2D eigenvalue weighted by molar-refractivity contribution is 7.91. The first-order valence-electron chi connectivity index (χ1n) is 9.65. The van der Waals surface area contributed by atoms with Crippen LogP contribution < -0.4 is 4.31 Å². The van der Waals surface area contributed by atoms with Crippen LogP contribution in [0.15, 0.2) is 48.5 Å². The van der Waals surface area contributed by atoms with E-state index in [0.717, 1.165) is 35.6 Å². The van der Waals surface area contributed by atoms with Gasteiger partial charge in [-0.1, -0.05) is 55.1 Å². The highest BCUT2D eigenvalue weighted by Gasteiger charge is 2.42. The van der Waals surface area contributed by atoms with Gasteiger partial charge in [0, 0.05) is 11.6 Å². The summed E-state index contributed by atoms with van der Waals surface area (Å²) in [5, 5.41) is 0.597. The van der Waals surface area contributed by atoms with Gasteiger partial charge in [-0.2, -0.15) is 8.42 Å². The molecule has 148 valence electrons. The first kappa shape index (κ1) is 19.3. The molecule has 0 atom stereocenters. The number of amides is 1. The molecule has 0 bridgehead atoms. The lowest BCUT2D eigenvalue weighted by atomic mass is 9.89. The number of nitrogens with zero attached hydrogens (tertiary/aromatic N) is 2. The second-order valence-corrected chi connectivity index (χ2v) is 9.71. The number of para-hydroxylation sites is 1. The molecule has 0 aromatic heterocycles. The van der Waals surface area contributed by atoms with Crippen molar-refractivity contribution in [3.63, 3.8) is 0 Å². The Hall–Kier alpha value is -2.05. The van der Waals surface area contributed by atoms with Gasteiger partial charge in [0.1, 0.15) is 0 Å². The van der Waals surface area contributed by atoms with Gasteiger partial charge in [0.05, 0.1) is 17.8 Å². The molecule has 1 aliphatic carbocycles. The van der Waals surface area contributed by atoms with Crippen molar-refractivity contribution in [3.8, 4) is 0 Å². The van der Waals surface area contributed by atoms with Crippen LogP contribution in [0, 0.1) is 5.92 Å². The standard InChI is InChI=1S/C21H23ClN2O3S/c22-18-12-10-17(11-13-18)14-23-20-9-5-4-8-19(20)21(25)24(28(23,26)27)15-16-6-2-1-3-7-16/h4-5,8-13,16H,1-3,6-7,14-15H2. The number of benzene rings is 2. The summed E-state index contributed by atoms with van der Waals surface area (Å²) in [6, 6.07) is 14.0. The van der Waals surface area contributed by atoms with Crippen molar-refractivity contribution in [3.05, 3.63) is 64.7 Å². The minimum absolute atomic E-state index is 0.158. The Kier molecular flexibility index (Phi) is 5.34. The minimum atomic E-state index is -3.95. The van der Waals surface area contributed by atoms with Crippen LogP contribution in [0.3, 0.4) is 0 Å². The van der Waals surface area contributed by atoms with Crippen molar-refractivity contribution in [2.24, 2.45) is 5.92 Å². The van der Waals surface area contributed by atoms with Crippen molar-refractivity contribution in [2.45, 2.75) is 38.6 Å². The number of fused-ring (bicyclic) bond motifs is 1. The molecule has 28 heavy (non-hydrogen) atoms. The SMILES string of the molecule is O=C1c2ccccc2N(Cc2ccc(Cl)cc2)S(=O)(=O)N1CC1CCCCC1. The van der Waals surface area contributed by atoms with E-state index in [9.17, 15) is 13.2 Å². The summed E-state index contributed by atoms with van der Waals surface area (Å²) in [7, 11) is -3.95. The molecule has 0 radical (unpaired) electrons. The monoisotopic (exact) mass is 418 g/mol. The Bertz CT molecular complexity index is 969. The first-order valence-corrected chi connectivity index (χ1v) is 11.4. The van der Waals surface area contributed by atoms with Crippen molar-refractivity contribution in [1.29, 1.82) is 0 Å². The molecule has 4 rings (SSSR count). The number of halogens is 1. The fraction of sp³-hybridized carbons (Fsp3) is 0.381. The maximum absolute atomic E-state index is 13.4. The fourth-order valence-electron chi connectivity index (χ4n) is 4.06. The van der Waals surface area contributed by atoms with E-state index in [4.69, 9.17) is 11.6 Å². The number of hydrogen-bond acceptors (Lipinski definition) is 3. The molecule has 2 aliphatic rings. The maximum atomic E-state index is 13.4. The van der Waals surface area contributed by atoms with Crippen LogP contribution in [0.2, 0.25) is 5.02 Å². The zero-order valence-electron chi connectivity index (χ0n) is 15.6. The summed E-state index contributed by atoms with van der Waals surface area (Å²) in [5.74, 6) is -0.191. The van der Waals surface area contributed by atoms with Crippen molar-refractivity contribution < 1.29 is 13.2 Å². The minimum Gasteiger partial charge on any atom is -0.268 e. The molecule has 0 spiro atoms. The highest BCUT2D eigenvalue weighted by Crippen LogP contribution is 2.35. The predicted molar refractivity (Wildman–Crippen MR) is 111 cm³/mol. The van der Waals surface area contributed by atoms with Crippen LogP contribution >= 0.6 is 11.6 Å². The van der Waals surface area contributed by atoms with E-state index in [-0.39, 0.29) is 19.0 Å². The molecule has 1 saturated carbocycles. The summed E-state index contributed by atoms with van der Waals surface area (Å²) >= 11 is 5.96. The van der Waals surface area contributed by atoms with Crippen LogP contribution in [-0.2, 0) is 16.8 Å². The largest absolute Gasteiger partial charge is 0.329 e. The third-order valence-corrected chi connectivity index (χ3v) is 7.58. The molecule has 2 aromatic rings. The Morgan fingerprint density at radius 3 is 2.32 bits per heavy atom. The van der Waals surface area contributed by atoms with E-state index in [1.807, 2.05) is 12.1 Å². The smallest absolute Gasteiger partial charge is 0.268 e. The van der Waals surface area contributed by atoms with E-state index in [2.05, 4.69) is 0 Å². The number of hydrogen-bond donors (Lipinski definition) is 0. The van der Waals surface area contributed by atoms with Crippen molar-refractivity contribution >= 4 is 33.4 Å². The third kappa shape index (κ3) is 3.63. The average Bonchev–Trinajstić information content (AvgIpc) is 2.71. The Morgan fingerprint density at radius 1 is 0.929 bits per heavy atom. The van der Waals surface area contributed by atoms with E-state index in [1.165, 1.54) is 10.7 Å². The zero-order valence-corrected chi connectivity index (χ0v) is 17.1. The van der Waals surface area contributed by atoms with Crippen LogP contribution in [0.5, 0.6) is 0 Å². The molecule has 5 nitrogen and oxygen atoms in total. The molecule has 1 amide bonds. The summed E-state index contributed by atoms with van der Waals surface area (Å²) in [5.41, 5.74) is 1.68. The first-order chi connectivity index (χ1) is 13.5. The second-order valence-electron chi connectivity index (χ2n) is 7.50. The molecule has 0 N–H and O–H groups in total. The van der Waals surface area contributed by atoms with Crippen LogP contribution in [0.4, 0.5) is 5.69 Å². The maximum Gasteiger partial charge on any atom is 0.329 e. The number of anilines is 1. The molecule has 0 unspecified atom stereocenters. The lowest BCUT2D eigenvalue weighted by molar-refractivity contribution is 0.0834. The summed E-state index contributed by atoms with van der Waals surface area (Å²) in [6.07, 6.45) is 5.31. The normalized spacial score (nSPS) is 19.5. The molecular weight excluding hydrogens is 396 g/mol. The van der Waals surface area contributed by atoms with Gasteiger partial charge in [-0.05, 0) is 48.6 Å². The van der Waals surface area contributed by atoms with E-state index in [0.29, 0.717) is 16.3 Å².